The second kappa shape index (κ2) is 9.09. The molecule has 25 heavy (non-hydrogen) atoms. The minimum absolute atomic E-state index is 0.0449. The molecule has 0 aliphatic heterocycles. The van der Waals surface area contributed by atoms with Crippen LogP contribution in [0.3, 0.4) is 0 Å². The van der Waals surface area contributed by atoms with Crippen LogP contribution < -0.4 is 10.1 Å². The first-order valence-electron chi connectivity index (χ1n) is 7.96. The highest BCUT2D eigenvalue weighted by Gasteiger charge is 2.19. The highest BCUT2D eigenvalue weighted by atomic mass is 35.5. The van der Waals surface area contributed by atoms with Crippen LogP contribution in [-0.2, 0) is 17.9 Å². The summed E-state index contributed by atoms with van der Waals surface area (Å²) in [6.45, 7) is 2.87. The van der Waals surface area contributed by atoms with Crippen LogP contribution in [-0.4, -0.2) is 31.0 Å². The van der Waals surface area contributed by atoms with Crippen molar-refractivity contribution in [3.63, 3.8) is 0 Å². The van der Waals surface area contributed by atoms with E-state index in [2.05, 4.69) is 5.32 Å². The molecule has 0 aromatic heterocycles. The van der Waals surface area contributed by atoms with Crippen LogP contribution >= 0.6 is 23.2 Å². The van der Waals surface area contributed by atoms with E-state index in [0.717, 1.165) is 16.9 Å². The van der Waals surface area contributed by atoms with Crippen LogP contribution in [0.4, 0.5) is 0 Å². The number of methoxy groups -OCH3 is 1. The maximum absolute atomic E-state index is 12.4. The third-order valence-corrected chi connectivity index (χ3v) is 4.98. The summed E-state index contributed by atoms with van der Waals surface area (Å²) in [7, 11) is 3.51. The van der Waals surface area contributed by atoms with Gasteiger partial charge in [-0.15, -0.1) is 0 Å². The maximum atomic E-state index is 12.4. The Morgan fingerprint density at radius 1 is 1.20 bits per heavy atom. The van der Waals surface area contributed by atoms with Gasteiger partial charge in [0.15, 0.2) is 0 Å². The second-order valence-electron chi connectivity index (χ2n) is 5.87. The summed E-state index contributed by atoms with van der Waals surface area (Å²) in [5.41, 5.74) is 1.91. The zero-order valence-corrected chi connectivity index (χ0v) is 16.1. The van der Waals surface area contributed by atoms with Crippen LogP contribution in [0.2, 0.25) is 10.0 Å². The Kier molecular flexibility index (Phi) is 7.12. The van der Waals surface area contributed by atoms with Gasteiger partial charge in [0.2, 0.25) is 5.91 Å². The number of benzene rings is 2. The summed E-state index contributed by atoms with van der Waals surface area (Å²) >= 11 is 12.3. The van der Waals surface area contributed by atoms with Gasteiger partial charge in [0.05, 0.1) is 23.2 Å². The highest BCUT2D eigenvalue weighted by Crippen LogP contribution is 2.26. The van der Waals surface area contributed by atoms with Gasteiger partial charge in [-0.25, -0.2) is 0 Å². The van der Waals surface area contributed by atoms with Crippen molar-refractivity contribution in [3.05, 3.63) is 63.6 Å². The summed E-state index contributed by atoms with van der Waals surface area (Å²) in [5.74, 6) is 0.748. The van der Waals surface area contributed by atoms with Crippen molar-refractivity contribution in [3.8, 4) is 5.75 Å². The maximum Gasteiger partial charge on any atom is 0.237 e. The molecule has 0 saturated heterocycles. The lowest BCUT2D eigenvalue weighted by atomic mass is 10.1. The summed E-state index contributed by atoms with van der Waals surface area (Å²) < 4.78 is 5.12. The van der Waals surface area contributed by atoms with E-state index in [1.54, 1.807) is 13.2 Å². The van der Waals surface area contributed by atoms with E-state index in [0.29, 0.717) is 23.1 Å². The van der Waals surface area contributed by atoms with Crippen molar-refractivity contribution in [2.75, 3.05) is 14.2 Å². The molecule has 0 heterocycles. The lowest BCUT2D eigenvalue weighted by Gasteiger charge is -2.24. The number of nitrogens with zero attached hydrogens (tertiary/aromatic N) is 1. The first kappa shape index (κ1) is 19.6. The number of hydrogen-bond donors (Lipinski definition) is 1. The normalized spacial score (nSPS) is 12.1. The molecule has 2 aromatic carbocycles. The van der Waals surface area contributed by atoms with Gasteiger partial charge in [0, 0.05) is 13.1 Å². The number of carbonyl (C=O) groups is 1. The molecule has 2 rings (SSSR count). The predicted octanol–water partition coefficient (Wildman–Crippen LogP) is 4.14. The molecule has 0 saturated carbocycles. The van der Waals surface area contributed by atoms with Crippen LogP contribution in [0.1, 0.15) is 18.1 Å². The molecule has 2 aromatic rings. The van der Waals surface area contributed by atoms with Crippen molar-refractivity contribution >= 4 is 29.1 Å². The summed E-state index contributed by atoms with van der Waals surface area (Å²) in [5, 5.41) is 4.00. The molecule has 0 aliphatic rings. The molecule has 0 fully saturated rings. The van der Waals surface area contributed by atoms with Gasteiger partial charge < -0.3 is 10.1 Å². The van der Waals surface area contributed by atoms with E-state index in [9.17, 15) is 4.79 Å². The number of halogens is 2. The molecule has 1 amide bonds. The Balaban J connectivity index is 1.90. The number of carbonyl (C=O) groups excluding carboxylic acids is 1. The minimum Gasteiger partial charge on any atom is -0.497 e. The lowest BCUT2D eigenvalue weighted by molar-refractivity contribution is -0.125. The fourth-order valence-corrected chi connectivity index (χ4v) is 2.74. The minimum atomic E-state index is -0.298. The number of rotatable bonds is 7. The number of nitrogens with one attached hydrogen (secondary N) is 1. The fourth-order valence-electron chi connectivity index (χ4n) is 2.36. The molecule has 6 heteroatoms. The van der Waals surface area contributed by atoms with Gasteiger partial charge >= 0.3 is 0 Å². The molecule has 0 spiro atoms. The zero-order chi connectivity index (χ0) is 18.4. The third-order valence-electron chi connectivity index (χ3n) is 4.12. The van der Waals surface area contributed by atoms with Crippen molar-refractivity contribution in [2.45, 2.75) is 26.1 Å². The average Bonchev–Trinajstić information content (AvgIpc) is 2.63. The van der Waals surface area contributed by atoms with E-state index in [4.69, 9.17) is 27.9 Å². The Morgan fingerprint density at radius 2 is 1.88 bits per heavy atom. The van der Waals surface area contributed by atoms with Crippen molar-refractivity contribution < 1.29 is 9.53 Å². The topological polar surface area (TPSA) is 41.6 Å². The summed E-state index contributed by atoms with van der Waals surface area (Å²) in [6.07, 6.45) is 0. The van der Waals surface area contributed by atoms with Crippen molar-refractivity contribution in [1.29, 1.82) is 0 Å². The Hall–Kier alpha value is -1.75. The molecule has 0 bridgehead atoms. The van der Waals surface area contributed by atoms with Gasteiger partial charge in [0.1, 0.15) is 5.75 Å². The number of hydrogen-bond acceptors (Lipinski definition) is 3. The molecule has 0 aliphatic carbocycles. The fraction of sp³-hybridized carbons (Fsp3) is 0.316. The van der Waals surface area contributed by atoms with E-state index in [1.165, 1.54) is 0 Å². The van der Waals surface area contributed by atoms with Crippen molar-refractivity contribution in [2.24, 2.45) is 0 Å². The van der Waals surface area contributed by atoms with E-state index < -0.39 is 0 Å². The molecule has 1 unspecified atom stereocenters. The number of ether oxygens (including phenoxy) is 1. The molecule has 0 radical (unpaired) electrons. The summed E-state index contributed by atoms with van der Waals surface area (Å²) in [6, 6.07) is 12.8. The van der Waals surface area contributed by atoms with Gasteiger partial charge in [-0.2, -0.15) is 0 Å². The van der Waals surface area contributed by atoms with Crippen LogP contribution in [0.25, 0.3) is 0 Å². The van der Waals surface area contributed by atoms with E-state index in [1.807, 2.05) is 55.3 Å². The zero-order valence-electron chi connectivity index (χ0n) is 14.6. The Labute approximate surface area is 158 Å². The van der Waals surface area contributed by atoms with Gasteiger partial charge in [-0.1, -0.05) is 47.5 Å². The second-order valence-corrected chi connectivity index (χ2v) is 6.66. The van der Waals surface area contributed by atoms with Crippen molar-refractivity contribution in [1.82, 2.24) is 10.2 Å². The molecule has 134 valence electrons. The molecule has 1 N–H and O–H groups in total. The van der Waals surface area contributed by atoms with Gasteiger partial charge in [-0.05, 0) is 43.3 Å². The van der Waals surface area contributed by atoms with Gasteiger partial charge in [-0.3, -0.25) is 9.69 Å². The molecule has 4 nitrogen and oxygen atoms in total. The Morgan fingerprint density at radius 3 is 2.52 bits per heavy atom. The van der Waals surface area contributed by atoms with Gasteiger partial charge in [0.25, 0.3) is 0 Å². The first-order chi connectivity index (χ1) is 11.9. The van der Waals surface area contributed by atoms with E-state index in [-0.39, 0.29) is 11.9 Å². The van der Waals surface area contributed by atoms with Crippen LogP contribution in [0, 0.1) is 0 Å². The standard InChI is InChI=1S/C19H22Cl2N2O2/c1-13(23(2)12-15-5-4-6-17(20)18(15)21)19(24)22-11-14-7-9-16(25-3)10-8-14/h4-10,13H,11-12H2,1-3H3,(H,22,24). The predicted molar refractivity (Wildman–Crippen MR) is 102 cm³/mol. The van der Waals surface area contributed by atoms with E-state index >= 15 is 0 Å². The first-order valence-corrected chi connectivity index (χ1v) is 8.71. The SMILES string of the molecule is COc1ccc(CNC(=O)C(C)N(C)Cc2cccc(Cl)c2Cl)cc1. The van der Waals surface area contributed by atoms with Crippen LogP contribution in [0.15, 0.2) is 42.5 Å². The monoisotopic (exact) mass is 380 g/mol. The quantitative estimate of drug-likeness (QED) is 0.784. The molecule has 1 atom stereocenters. The average molecular weight is 381 g/mol. The molecular weight excluding hydrogens is 359 g/mol. The lowest BCUT2D eigenvalue weighted by Crippen LogP contribution is -2.42. The largest absolute Gasteiger partial charge is 0.497 e. The number of amides is 1. The highest BCUT2D eigenvalue weighted by molar-refractivity contribution is 6.42. The summed E-state index contributed by atoms with van der Waals surface area (Å²) in [4.78, 5) is 14.3. The molecular formula is C19H22Cl2N2O2. The smallest absolute Gasteiger partial charge is 0.237 e. The third kappa shape index (κ3) is 5.36. The van der Waals surface area contributed by atoms with Crippen LogP contribution in [0.5, 0.6) is 5.75 Å². The number of likely N-dealkylation sites (N-methyl/N-ethyl adjacent to an activating group) is 1. The Bertz CT molecular complexity index is 720.